The lowest BCUT2D eigenvalue weighted by Gasteiger charge is -2.21. The van der Waals surface area contributed by atoms with Crippen LogP contribution in [0.15, 0.2) is 34.3 Å². The van der Waals surface area contributed by atoms with Gasteiger partial charge in [-0.2, -0.15) is 4.39 Å². The largest absolute Gasteiger partial charge is 0.491 e. The van der Waals surface area contributed by atoms with Gasteiger partial charge in [0.25, 0.3) is 0 Å². The van der Waals surface area contributed by atoms with E-state index in [1.54, 1.807) is 6.92 Å². The van der Waals surface area contributed by atoms with Gasteiger partial charge in [-0.3, -0.25) is 0 Å². The minimum absolute atomic E-state index is 0.148. The van der Waals surface area contributed by atoms with Crippen molar-refractivity contribution < 1.29 is 31.5 Å². The van der Waals surface area contributed by atoms with Gasteiger partial charge in [-0.25, -0.2) is 13.2 Å². The van der Waals surface area contributed by atoms with E-state index in [-0.39, 0.29) is 22.5 Å². The van der Waals surface area contributed by atoms with Crippen molar-refractivity contribution in [2.75, 3.05) is 13.7 Å². The molecule has 166 valence electrons. The molecule has 1 heterocycles. The minimum Gasteiger partial charge on any atom is -0.491 e. The molecule has 1 aliphatic carbocycles. The molecule has 1 saturated carbocycles. The Morgan fingerprint density at radius 1 is 1.03 bits per heavy atom. The maximum absolute atomic E-state index is 15.1. The van der Waals surface area contributed by atoms with Gasteiger partial charge >= 0.3 is 0 Å². The summed E-state index contributed by atoms with van der Waals surface area (Å²) in [4.78, 5) is 0. The van der Waals surface area contributed by atoms with Crippen molar-refractivity contribution in [3.05, 3.63) is 58.9 Å². The monoisotopic (exact) mass is 436 g/mol. The molecule has 0 radical (unpaired) electrons. The van der Waals surface area contributed by atoms with Gasteiger partial charge in [-0.05, 0) is 50.0 Å². The molecule has 0 bridgehead atoms. The van der Waals surface area contributed by atoms with E-state index < -0.39 is 29.0 Å². The number of hydrogen-bond acceptors (Lipinski definition) is 3. The molecule has 0 spiro atoms. The van der Waals surface area contributed by atoms with Crippen molar-refractivity contribution in [1.29, 1.82) is 0 Å². The molecule has 0 amide bonds. The van der Waals surface area contributed by atoms with Crippen molar-refractivity contribution in [2.45, 2.75) is 40.0 Å². The molecule has 31 heavy (non-hydrogen) atoms. The van der Waals surface area contributed by atoms with Crippen LogP contribution in [0.4, 0.5) is 17.6 Å². The SMILES string of the molecule is CC.CCOC(=C1CCC1)c1oc2cc(F)ccc2c1-c1cc(F)c(F)c(OC)c1F. The fourth-order valence-electron chi connectivity index (χ4n) is 3.49. The zero-order valence-corrected chi connectivity index (χ0v) is 17.9. The third-order valence-corrected chi connectivity index (χ3v) is 5.01. The lowest BCUT2D eigenvalue weighted by molar-refractivity contribution is 0.281. The first-order valence-corrected chi connectivity index (χ1v) is 10.2. The molecule has 3 nitrogen and oxygen atoms in total. The lowest BCUT2D eigenvalue weighted by atomic mass is 9.89. The Kier molecular flexibility index (Phi) is 6.93. The topological polar surface area (TPSA) is 31.6 Å². The summed E-state index contributed by atoms with van der Waals surface area (Å²) in [7, 11) is 1.05. The fourth-order valence-corrected chi connectivity index (χ4v) is 3.49. The normalized spacial score (nSPS) is 12.8. The van der Waals surface area contributed by atoms with Crippen molar-refractivity contribution >= 4 is 16.7 Å². The van der Waals surface area contributed by atoms with Crippen LogP contribution in [0.2, 0.25) is 0 Å². The highest BCUT2D eigenvalue weighted by Gasteiger charge is 2.30. The zero-order chi connectivity index (χ0) is 22.7. The maximum atomic E-state index is 15.1. The summed E-state index contributed by atoms with van der Waals surface area (Å²) in [6, 6.07) is 4.51. The second-order valence-electron chi connectivity index (χ2n) is 6.73. The second-order valence-corrected chi connectivity index (χ2v) is 6.73. The maximum Gasteiger partial charge on any atom is 0.203 e. The molecule has 0 aliphatic heterocycles. The van der Waals surface area contributed by atoms with Gasteiger partial charge in [0.15, 0.2) is 28.9 Å². The van der Waals surface area contributed by atoms with Crippen molar-refractivity contribution in [2.24, 2.45) is 0 Å². The second kappa shape index (κ2) is 9.45. The van der Waals surface area contributed by atoms with Crippen LogP contribution in [-0.2, 0) is 4.74 Å². The van der Waals surface area contributed by atoms with Crippen LogP contribution in [0.1, 0.15) is 45.8 Å². The number of furan rings is 1. The number of ether oxygens (including phenoxy) is 2. The van der Waals surface area contributed by atoms with Gasteiger partial charge < -0.3 is 13.9 Å². The molecule has 1 aromatic heterocycles. The molecule has 0 N–H and O–H groups in total. The van der Waals surface area contributed by atoms with E-state index in [9.17, 15) is 13.2 Å². The molecule has 3 aromatic rings. The van der Waals surface area contributed by atoms with Gasteiger partial charge in [0, 0.05) is 22.6 Å². The molecular weight excluding hydrogens is 412 g/mol. The summed E-state index contributed by atoms with van der Waals surface area (Å²) in [5, 5.41) is 0.352. The van der Waals surface area contributed by atoms with Crippen molar-refractivity contribution in [1.82, 2.24) is 0 Å². The van der Waals surface area contributed by atoms with Gasteiger partial charge in [0.2, 0.25) is 5.82 Å². The Bertz CT molecular complexity index is 1130. The van der Waals surface area contributed by atoms with Crippen LogP contribution in [0, 0.1) is 23.3 Å². The van der Waals surface area contributed by atoms with E-state index in [0.717, 1.165) is 44.1 Å². The number of methoxy groups -OCH3 is 1. The molecule has 7 heteroatoms. The average molecular weight is 436 g/mol. The van der Waals surface area contributed by atoms with Crippen LogP contribution in [-0.4, -0.2) is 13.7 Å². The first-order valence-electron chi connectivity index (χ1n) is 10.2. The quantitative estimate of drug-likeness (QED) is 0.234. The smallest absolute Gasteiger partial charge is 0.203 e. The van der Waals surface area contributed by atoms with Gasteiger partial charge in [-0.1, -0.05) is 13.8 Å². The third kappa shape index (κ3) is 4.01. The van der Waals surface area contributed by atoms with Crippen molar-refractivity contribution in [3.63, 3.8) is 0 Å². The third-order valence-electron chi connectivity index (χ3n) is 5.01. The van der Waals surface area contributed by atoms with Gasteiger partial charge in [-0.15, -0.1) is 0 Å². The van der Waals surface area contributed by atoms with Gasteiger partial charge in [0.1, 0.15) is 11.4 Å². The molecule has 0 saturated heterocycles. The Morgan fingerprint density at radius 2 is 1.74 bits per heavy atom. The van der Waals surface area contributed by atoms with Crippen LogP contribution in [0.5, 0.6) is 5.75 Å². The summed E-state index contributed by atoms with van der Waals surface area (Å²) in [5.41, 5.74) is 1.04. The Balaban J connectivity index is 0.00000132. The van der Waals surface area contributed by atoms with E-state index in [0.29, 0.717) is 17.8 Å². The molecule has 1 fully saturated rings. The van der Waals surface area contributed by atoms with Gasteiger partial charge in [0.05, 0.1) is 13.7 Å². The lowest BCUT2D eigenvalue weighted by Crippen LogP contribution is -2.05. The summed E-state index contributed by atoms with van der Waals surface area (Å²) in [6.07, 6.45) is 2.54. The van der Waals surface area contributed by atoms with E-state index in [1.807, 2.05) is 13.8 Å². The highest BCUT2D eigenvalue weighted by Crippen LogP contribution is 2.45. The van der Waals surface area contributed by atoms with Crippen LogP contribution in [0.25, 0.3) is 27.9 Å². The average Bonchev–Trinajstić information content (AvgIpc) is 3.09. The molecule has 4 rings (SSSR count). The number of halogens is 4. The molecule has 0 atom stereocenters. The van der Waals surface area contributed by atoms with Crippen LogP contribution < -0.4 is 4.74 Å². The van der Waals surface area contributed by atoms with Crippen LogP contribution >= 0.6 is 0 Å². The summed E-state index contributed by atoms with van der Waals surface area (Å²) < 4.78 is 73.4. The highest BCUT2D eigenvalue weighted by atomic mass is 19.2. The first-order chi connectivity index (χ1) is 15.0. The number of allylic oxidation sites excluding steroid dienone is 1. The summed E-state index contributed by atoms with van der Waals surface area (Å²) in [5.74, 6) is -4.55. The minimum atomic E-state index is -1.42. The Morgan fingerprint density at radius 3 is 2.32 bits per heavy atom. The summed E-state index contributed by atoms with van der Waals surface area (Å²) in [6.45, 7) is 6.12. The van der Waals surface area contributed by atoms with Crippen LogP contribution in [0.3, 0.4) is 0 Å². The van der Waals surface area contributed by atoms with Crippen molar-refractivity contribution in [3.8, 4) is 16.9 Å². The molecule has 1 aliphatic rings. The number of rotatable bonds is 5. The number of benzene rings is 2. The standard InChI is InChI=1S/C22H18F4O3.C2H6/c1-3-28-20(11-5-4-6-11)21-17(13-8-7-12(23)9-16(13)29-21)14-10-15(24)19(26)22(27-2)18(14)25;1-2/h7-10H,3-6H2,1-2H3;1-2H3. The predicted octanol–water partition coefficient (Wildman–Crippen LogP) is 7.62. The Hall–Kier alpha value is -2.96. The summed E-state index contributed by atoms with van der Waals surface area (Å²) >= 11 is 0. The first kappa shape index (κ1) is 22.7. The van der Waals surface area contributed by atoms with E-state index in [1.165, 1.54) is 12.1 Å². The molecule has 2 aromatic carbocycles. The predicted molar refractivity (Wildman–Crippen MR) is 112 cm³/mol. The number of hydrogen-bond donors (Lipinski definition) is 0. The van der Waals surface area contributed by atoms with E-state index in [2.05, 4.69) is 0 Å². The van der Waals surface area contributed by atoms with E-state index in [4.69, 9.17) is 13.9 Å². The Labute approximate surface area is 178 Å². The zero-order valence-electron chi connectivity index (χ0n) is 17.9. The molecule has 0 unspecified atom stereocenters. The fraction of sp³-hybridized carbons (Fsp3) is 0.333. The number of fused-ring (bicyclic) bond motifs is 1. The highest BCUT2D eigenvalue weighted by molar-refractivity contribution is 6.00. The molecular formula is C24H24F4O3. The van der Waals surface area contributed by atoms with E-state index >= 15 is 4.39 Å².